The second-order valence-corrected chi connectivity index (χ2v) is 8.69. The number of amides is 1. The van der Waals surface area contributed by atoms with Gasteiger partial charge in [-0.15, -0.1) is 5.11 Å². The van der Waals surface area contributed by atoms with Gasteiger partial charge in [0.25, 0.3) is 5.91 Å². The molecule has 2 aliphatic heterocycles. The van der Waals surface area contributed by atoms with Gasteiger partial charge in [0.05, 0.1) is 29.2 Å². The Morgan fingerprint density at radius 1 is 1.11 bits per heavy atom. The van der Waals surface area contributed by atoms with Crippen molar-refractivity contribution in [3.8, 4) is 0 Å². The smallest absolute Gasteiger partial charge is 0.262 e. The van der Waals surface area contributed by atoms with E-state index in [1.807, 2.05) is 69.0 Å². The number of anilines is 2. The number of aliphatic imine (C=N–C) groups is 1. The zero-order valence-electron chi connectivity index (χ0n) is 20.6. The first-order valence-electron chi connectivity index (χ1n) is 11.4. The average Bonchev–Trinajstić information content (AvgIpc) is 2.84. The van der Waals surface area contributed by atoms with Crippen molar-refractivity contribution < 1.29 is 4.79 Å². The molecule has 11 heteroatoms. The van der Waals surface area contributed by atoms with Crippen LogP contribution in [0.2, 0.25) is 0 Å². The van der Waals surface area contributed by atoms with E-state index in [4.69, 9.17) is 11.7 Å². The Bertz CT molecular complexity index is 1200. The van der Waals surface area contributed by atoms with Gasteiger partial charge in [0.2, 0.25) is 6.29 Å². The number of hydrogen-bond donors (Lipinski definition) is 5. The Kier molecular flexibility index (Phi) is 6.61. The van der Waals surface area contributed by atoms with Crippen molar-refractivity contribution in [3.63, 3.8) is 0 Å². The average molecular weight is 477 g/mol. The molecule has 0 bridgehead atoms. The summed E-state index contributed by atoms with van der Waals surface area (Å²) < 4.78 is 0. The molecule has 2 aromatic rings. The molecule has 2 aliphatic rings. The summed E-state index contributed by atoms with van der Waals surface area (Å²) >= 11 is 0. The highest BCUT2D eigenvalue weighted by molar-refractivity contribution is 6.13. The highest BCUT2D eigenvalue weighted by atomic mass is 16.2. The van der Waals surface area contributed by atoms with E-state index in [9.17, 15) is 4.79 Å². The Labute approximate surface area is 204 Å². The van der Waals surface area contributed by atoms with Gasteiger partial charge in [-0.1, -0.05) is 35.6 Å². The number of carbonyl (C=O) groups excluding carboxylic acids is 1. The molecule has 0 saturated heterocycles. The number of carbonyl (C=O) groups is 1. The van der Waals surface area contributed by atoms with E-state index < -0.39 is 12.5 Å². The van der Waals surface area contributed by atoms with Crippen LogP contribution >= 0.6 is 0 Å². The lowest BCUT2D eigenvalue weighted by Gasteiger charge is -2.45. The topological polar surface area (TPSA) is 149 Å². The van der Waals surface area contributed by atoms with Crippen LogP contribution in [0.5, 0.6) is 0 Å². The van der Waals surface area contributed by atoms with Gasteiger partial charge in [-0.05, 0) is 50.5 Å². The third kappa shape index (κ3) is 4.26. The molecule has 7 N–H and O–H groups in total. The second-order valence-electron chi connectivity index (χ2n) is 8.69. The summed E-state index contributed by atoms with van der Waals surface area (Å²) in [6.07, 6.45) is 0.436. The minimum Gasteiger partial charge on any atom is -0.384 e. The lowest BCUT2D eigenvalue weighted by Crippen LogP contribution is -2.62. The van der Waals surface area contributed by atoms with Crippen LogP contribution < -0.4 is 32.5 Å². The number of fused-ring (bicyclic) bond motifs is 1. The Morgan fingerprint density at radius 2 is 1.77 bits per heavy atom. The molecule has 0 aliphatic carbocycles. The highest BCUT2D eigenvalue weighted by Crippen LogP contribution is 2.36. The standard InChI is InChI=1S/C24H32N10O/c1-13-8-7-11-17-19(13)23(35)33(20-14(2)9-6-10-15(20)3)21(29-17)16(4)34(26)22-18(27-5)12-28-24(30-22)31-32-25/h6-12,16,21,24,27,29-30H,26H2,1-5H3,(H2,25,31). The van der Waals surface area contributed by atoms with Gasteiger partial charge in [0, 0.05) is 12.7 Å². The van der Waals surface area contributed by atoms with E-state index in [1.165, 1.54) is 0 Å². The summed E-state index contributed by atoms with van der Waals surface area (Å²) in [5.41, 5.74) is 5.87. The maximum atomic E-state index is 14.0. The molecule has 11 nitrogen and oxygen atoms in total. The van der Waals surface area contributed by atoms with E-state index in [0.717, 1.165) is 28.1 Å². The SMILES string of the molecule is CNC1=C(N(N)C(C)C2Nc3cccc(C)c3C(=O)N2c2c(C)cccc2C)NC(N=NN)N=C1. The number of aryl methyl sites for hydroxylation is 3. The molecular formula is C24H32N10O. The van der Waals surface area contributed by atoms with Gasteiger partial charge in [-0.25, -0.2) is 10.8 Å². The molecule has 0 radical (unpaired) electrons. The summed E-state index contributed by atoms with van der Waals surface area (Å²) in [6, 6.07) is 11.4. The molecular weight excluding hydrogens is 444 g/mol. The summed E-state index contributed by atoms with van der Waals surface area (Å²) in [7, 11) is 1.77. The maximum Gasteiger partial charge on any atom is 0.262 e. The summed E-state index contributed by atoms with van der Waals surface area (Å²) in [6.45, 7) is 7.92. The van der Waals surface area contributed by atoms with Crippen LogP contribution in [0.1, 0.15) is 34.0 Å². The van der Waals surface area contributed by atoms with E-state index in [2.05, 4.69) is 31.3 Å². The molecule has 0 fully saturated rings. The largest absolute Gasteiger partial charge is 0.384 e. The van der Waals surface area contributed by atoms with Gasteiger partial charge in [0.15, 0.2) is 0 Å². The molecule has 3 unspecified atom stereocenters. The van der Waals surface area contributed by atoms with Crippen LogP contribution in [0.3, 0.4) is 0 Å². The highest BCUT2D eigenvalue weighted by Gasteiger charge is 2.40. The molecule has 1 amide bonds. The molecule has 3 atom stereocenters. The number of benzene rings is 2. The van der Waals surface area contributed by atoms with Crippen LogP contribution in [0.15, 0.2) is 63.2 Å². The van der Waals surface area contributed by atoms with Crippen molar-refractivity contribution in [1.29, 1.82) is 0 Å². The Balaban J connectivity index is 1.80. The quantitative estimate of drug-likeness (QED) is 0.244. The number of rotatable bonds is 6. The van der Waals surface area contributed by atoms with Crippen molar-refractivity contribution >= 4 is 23.5 Å². The van der Waals surface area contributed by atoms with Crippen molar-refractivity contribution in [2.45, 2.75) is 46.2 Å². The van der Waals surface area contributed by atoms with Crippen LogP contribution in [-0.4, -0.2) is 42.7 Å². The predicted molar refractivity (Wildman–Crippen MR) is 137 cm³/mol. The monoisotopic (exact) mass is 476 g/mol. The number of nitrogens with zero attached hydrogens (tertiary/aromatic N) is 5. The first-order chi connectivity index (χ1) is 16.8. The first kappa shape index (κ1) is 24.0. The normalized spacial score (nSPS) is 20.4. The van der Waals surface area contributed by atoms with E-state index >= 15 is 0 Å². The summed E-state index contributed by atoms with van der Waals surface area (Å²) in [4.78, 5) is 20.1. The van der Waals surface area contributed by atoms with Gasteiger partial charge >= 0.3 is 0 Å². The lowest BCUT2D eigenvalue weighted by atomic mass is 9.97. The minimum absolute atomic E-state index is 0.0738. The third-order valence-corrected chi connectivity index (χ3v) is 6.43. The van der Waals surface area contributed by atoms with Crippen LogP contribution in [0.4, 0.5) is 11.4 Å². The van der Waals surface area contributed by atoms with Gasteiger partial charge in [0.1, 0.15) is 12.0 Å². The number of para-hydroxylation sites is 1. The van der Waals surface area contributed by atoms with Crippen molar-refractivity contribution in [1.82, 2.24) is 15.6 Å². The molecule has 0 aromatic heterocycles. The molecule has 184 valence electrons. The van der Waals surface area contributed by atoms with Gasteiger partial charge < -0.3 is 21.8 Å². The molecule has 0 saturated carbocycles. The fourth-order valence-electron chi connectivity index (χ4n) is 4.62. The van der Waals surface area contributed by atoms with E-state index in [-0.39, 0.29) is 11.9 Å². The Morgan fingerprint density at radius 3 is 2.43 bits per heavy atom. The minimum atomic E-state index is -0.704. The second kappa shape index (κ2) is 9.63. The fraction of sp³-hybridized carbons (Fsp3) is 0.333. The Hall–Kier alpha value is -4.12. The predicted octanol–water partition coefficient (Wildman–Crippen LogP) is 2.25. The van der Waals surface area contributed by atoms with Crippen LogP contribution in [0.25, 0.3) is 0 Å². The van der Waals surface area contributed by atoms with Crippen LogP contribution in [-0.2, 0) is 0 Å². The molecule has 0 spiro atoms. The summed E-state index contributed by atoms with van der Waals surface area (Å²) in [5, 5.41) is 18.6. The third-order valence-electron chi connectivity index (χ3n) is 6.43. The number of nitrogens with one attached hydrogen (secondary N) is 3. The fourth-order valence-corrected chi connectivity index (χ4v) is 4.62. The first-order valence-corrected chi connectivity index (χ1v) is 11.4. The molecule has 35 heavy (non-hydrogen) atoms. The van der Waals surface area contributed by atoms with Gasteiger partial charge in [-0.3, -0.25) is 14.7 Å². The lowest BCUT2D eigenvalue weighted by molar-refractivity contribution is 0.0954. The summed E-state index contributed by atoms with van der Waals surface area (Å²) in [5.74, 6) is 12.4. The van der Waals surface area contributed by atoms with Gasteiger partial charge in [-0.2, -0.15) is 0 Å². The van der Waals surface area contributed by atoms with Crippen molar-refractivity contribution in [2.24, 2.45) is 27.0 Å². The molecule has 2 heterocycles. The number of hydrogen-bond acceptors (Lipinski definition) is 9. The van der Waals surface area contributed by atoms with Crippen molar-refractivity contribution in [2.75, 3.05) is 17.3 Å². The molecule has 4 rings (SSSR count). The zero-order chi connectivity index (χ0) is 25.3. The molecule has 2 aromatic carbocycles. The van der Waals surface area contributed by atoms with Crippen LogP contribution in [0, 0.1) is 20.8 Å². The maximum absolute atomic E-state index is 14.0. The zero-order valence-corrected chi connectivity index (χ0v) is 20.6. The van der Waals surface area contributed by atoms with E-state index in [1.54, 1.807) is 18.3 Å². The number of allylic oxidation sites excluding steroid dienone is 1. The number of hydrazine groups is 1. The number of nitrogens with two attached hydrogens (primary N) is 2. The van der Waals surface area contributed by atoms with Crippen molar-refractivity contribution in [3.05, 3.63) is 70.2 Å². The van der Waals surface area contributed by atoms with E-state index in [0.29, 0.717) is 17.1 Å².